The van der Waals surface area contributed by atoms with Gasteiger partial charge in [-0.1, -0.05) is 20.8 Å². The molecule has 0 aliphatic heterocycles. The maximum absolute atomic E-state index is 12.1. The fourth-order valence-electron chi connectivity index (χ4n) is 2.35. The molecule has 0 fully saturated rings. The highest BCUT2D eigenvalue weighted by Crippen LogP contribution is 2.27. The number of nitrogens with zero attached hydrogens (tertiary/aromatic N) is 1. The number of nitrogen functional groups attached to an aromatic ring is 1. The van der Waals surface area contributed by atoms with Crippen LogP contribution in [0.4, 0.5) is 5.69 Å². The van der Waals surface area contributed by atoms with E-state index in [1.807, 2.05) is 13.8 Å². The average Bonchev–Trinajstić information content (AvgIpc) is 2.42. The van der Waals surface area contributed by atoms with Crippen LogP contribution in [0.2, 0.25) is 0 Å². The largest absolute Gasteiger partial charge is 0.395 e. The molecule has 0 radical (unpaired) electrons. The zero-order chi connectivity index (χ0) is 14.1. The van der Waals surface area contributed by atoms with Gasteiger partial charge < -0.3 is 11.1 Å². The van der Waals surface area contributed by atoms with Crippen molar-refractivity contribution in [1.29, 1.82) is 0 Å². The van der Waals surface area contributed by atoms with Gasteiger partial charge in [0.2, 0.25) is 0 Å². The highest BCUT2D eigenvalue weighted by Gasteiger charge is 2.28. The molecular weight excluding hydrogens is 228 g/mol. The minimum atomic E-state index is -0.297. The second-order valence-electron chi connectivity index (χ2n) is 6.69. The third-order valence-corrected chi connectivity index (χ3v) is 2.63. The third kappa shape index (κ3) is 3.75. The van der Waals surface area contributed by atoms with Crippen LogP contribution in [0.25, 0.3) is 0 Å². The lowest BCUT2D eigenvalue weighted by Crippen LogP contribution is -2.46. The number of nitrogens with one attached hydrogen (secondary N) is 2. The molecule has 1 amide bonds. The molecule has 0 bridgehead atoms. The zero-order valence-corrected chi connectivity index (χ0v) is 12.1. The van der Waals surface area contributed by atoms with Crippen molar-refractivity contribution in [3.8, 4) is 0 Å². The quantitative estimate of drug-likeness (QED) is 0.771. The summed E-state index contributed by atoms with van der Waals surface area (Å²) in [5.41, 5.74) is 7.05. The van der Waals surface area contributed by atoms with Crippen LogP contribution in [0, 0.1) is 12.3 Å². The van der Waals surface area contributed by atoms with Crippen molar-refractivity contribution in [2.45, 2.75) is 53.5 Å². The summed E-state index contributed by atoms with van der Waals surface area (Å²) in [6.07, 6.45) is 0.870. The van der Waals surface area contributed by atoms with Gasteiger partial charge >= 0.3 is 0 Å². The Hall–Kier alpha value is -1.52. The first kappa shape index (κ1) is 14.5. The molecule has 1 heterocycles. The van der Waals surface area contributed by atoms with Crippen LogP contribution in [0.3, 0.4) is 0 Å². The van der Waals surface area contributed by atoms with E-state index in [0.717, 1.165) is 6.42 Å². The van der Waals surface area contributed by atoms with Gasteiger partial charge in [0.15, 0.2) is 5.69 Å². The first-order valence-electron chi connectivity index (χ1n) is 6.15. The van der Waals surface area contributed by atoms with E-state index in [9.17, 15) is 4.79 Å². The average molecular weight is 252 g/mol. The van der Waals surface area contributed by atoms with E-state index in [0.29, 0.717) is 11.4 Å². The van der Waals surface area contributed by atoms with Crippen molar-refractivity contribution in [1.82, 2.24) is 15.5 Å². The third-order valence-electron chi connectivity index (χ3n) is 2.63. The normalized spacial score (nSPS) is 12.6. The van der Waals surface area contributed by atoms with Crippen LogP contribution in [-0.2, 0) is 0 Å². The predicted molar refractivity (Wildman–Crippen MR) is 73.4 cm³/mol. The predicted octanol–water partition coefficient (Wildman–Crippen LogP) is 2.24. The lowest BCUT2D eigenvalue weighted by Gasteiger charge is -2.33. The number of anilines is 1. The number of amides is 1. The number of H-pyrrole nitrogens is 1. The molecular formula is C13H24N4O. The number of aryl methyl sites for hydroxylation is 1. The Morgan fingerprint density at radius 2 is 1.89 bits per heavy atom. The second kappa shape index (κ2) is 4.63. The van der Waals surface area contributed by atoms with Crippen molar-refractivity contribution in [3.63, 3.8) is 0 Å². The Labute approximate surface area is 109 Å². The number of carbonyl (C=O) groups excluding carboxylic acids is 1. The highest BCUT2D eigenvalue weighted by molar-refractivity contribution is 5.97. The van der Waals surface area contributed by atoms with Gasteiger partial charge in [0.25, 0.3) is 5.91 Å². The molecule has 0 atom stereocenters. The van der Waals surface area contributed by atoms with Crippen molar-refractivity contribution >= 4 is 11.6 Å². The summed E-state index contributed by atoms with van der Waals surface area (Å²) in [4.78, 5) is 12.1. The Bertz CT molecular complexity index is 440. The maximum Gasteiger partial charge on any atom is 0.274 e. The summed E-state index contributed by atoms with van der Waals surface area (Å²) < 4.78 is 0. The van der Waals surface area contributed by atoms with Gasteiger partial charge in [0, 0.05) is 5.54 Å². The molecule has 0 aromatic carbocycles. The van der Waals surface area contributed by atoms with Crippen molar-refractivity contribution < 1.29 is 4.79 Å². The van der Waals surface area contributed by atoms with Crippen LogP contribution < -0.4 is 11.1 Å². The summed E-state index contributed by atoms with van der Waals surface area (Å²) >= 11 is 0. The fraction of sp³-hybridized carbons (Fsp3) is 0.692. The molecule has 0 unspecified atom stereocenters. The standard InChI is InChI=1S/C13H24N4O/c1-8-9(14)10(17-16-8)11(18)15-13(5,6)7-12(2,3)4/h7,14H2,1-6H3,(H,15,18)(H,16,17). The van der Waals surface area contributed by atoms with Crippen molar-refractivity contribution in [2.24, 2.45) is 5.41 Å². The van der Waals surface area contributed by atoms with E-state index in [2.05, 4.69) is 36.3 Å². The van der Waals surface area contributed by atoms with Crippen LogP contribution in [-0.4, -0.2) is 21.6 Å². The van der Waals surface area contributed by atoms with Crippen molar-refractivity contribution in [2.75, 3.05) is 5.73 Å². The minimum absolute atomic E-state index is 0.143. The Kier molecular flexibility index (Phi) is 3.74. The van der Waals surface area contributed by atoms with Crippen LogP contribution in [0.15, 0.2) is 0 Å². The summed E-state index contributed by atoms with van der Waals surface area (Å²) in [6.45, 7) is 12.2. The first-order valence-corrected chi connectivity index (χ1v) is 6.15. The number of hydrogen-bond donors (Lipinski definition) is 3. The molecule has 0 aliphatic rings. The van der Waals surface area contributed by atoms with Crippen molar-refractivity contribution in [3.05, 3.63) is 11.4 Å². The van der Waals surface area contributed by atoms with Gasteiger partial charge in [0.05, 0.1) is 11.4 Å². The number of nitrogens with two attached hydrogens (primary N) is 1. The molecule has 4 N–H and O–H groups in total. The van der Waals surface area contributed by atoms with Crippen LogP contribution in [0.1, 0.15) is 57.2 Å². The molecule has 1 rings (SSSR count). The van der Waals surface area contributed by atoms with Gasteiger partial charge in [-0.25, -0.2) is 0 Å². The SMILES string of the molecule is Cc1[nH]nc(C(=O)NC(C)(C)CC(C)(C)C)c1N. The lowest BCUT2D eigenvalue weighted by atomic mass is 9.82. The van der Waals surface area contributed by atoms with E-state index in [1.165, 1.54) is 0 Å². The van der Waals surface area contributed by atoms with E-state index in [4.69, 9.17) is 5.73 Å². The van der Waals surface area contributed by atoms with E-state index in [1.54, 1.807) is 6.92 Å². The Morgan fingerprint density at radius 1 is 1.33 bits per heavy atom. The maximum atomic E-state index is 12.1. The number of aromatic amines is 1. The monoisotopic (exact) mass is 252 g/mol. The van der Waals surface area contributed by atoms with Gasteiger partial charge in [-0.3, -0.25) is 9.89 Å². The molecule has 102 valence electrons. The Balaban J connectivity index is 2.79. The molecule has 5 nitrogen and oxygen atoms in total. The summed E-state index contributed by atoms with van der Waals surface area (Å²) in [7, 11) is 0. The zero-order valence-electron chi connectivity index (χ0n) is 12.1. The number of hydrogen-bond acceptors (Lipinski definition) is 3. The molecule has 5 heteroatoms. The first-order chi connectivity index (χ1) is 8.02. The molecule has 1 aromatic rings. The summed E-state index contributed by atoms with van der Waals surface area (Å²) in [5, 5.41) is 9.63. The molecule has 1 aromatic heterocycles. The van der Waals surface area contributed by atoms with Gasteiger partial charge in [-0.05, 0) is 32.6 Å². The smallest absolute Gasteiger partial charge is 0.274 e. The number of carbonyl (C=O) groups is 1. The lowest BCUT2D eigenvalue weighted by molar-refractivity contribution is 0.0887. The molecule has 0 aliphatic carbocycles. The second-order valence-corrected chi connectivity index (χ2v) is 6.69. The number of aromatic nitrogens is 2. The van der Waals surface area contributed by atoms with Crippen LogP contribution in [0.5, 0.6) is 0 Å². The van der Waals surface area contributed by atoms with Gasteiger partial charge in [-0.2, -0.15) is 5.10 Å². The number of rotatable bonds is 3. The highest BCUT2D eigenvalue weighted by atomic mass is 16.2. The fourth-order valence-corrected chi connectivity index (χ4v) is 2.35. The summed E-state index contributed by atoms with van der Waals surface area (Å²) in [5.74, 6) is -0.230. The van der Waals surface area contributed by atoms with E-state index >= 15 is 0 Å². The van der Waals surface area contributed by atoms with Gasteiger partial charge in [0.1, 0.15) is 0 Å². The van der Waals surface area contributed by atoms with Crippen LogP contribution >= 0.6 is 0 Å². The topological polar surface area (TPSA) is 83.8 Å². The molecule has 0 saturated carbocycles. The summed E-state index contributed by atoms with van der Waals surface area (Å²) in [6, 6.07) is 0. The molecule has 18 heavy (non-hydrogen) atoms. The Morgan fingerprint density at radius 3 is 2.28 bits per heavy atom. The minimum Gasteiger partial charge on any atom is -0.395 e. The van der Waals surface area contributed by atoms with E-state index in [-0.39, 0.29) is 22.6 Å². The molecule has 0 saturated heterocycles. The van der Waals surface area contributed by atoms with Gasteiger partial charge in [-0.15, -0.1) is 0 Å². The molecule has 0 spiro atoms. The van der Waals surface area contributed by atoms with E-state index < -0.39 is 0 Å².